The Morgan fingerprint density at radius 1 is 1.56 bits per heavy atom. The van der Waals surface area contributed by atoms with Gasteiger partial charge < -0.3 is 11.5 Å². The van der Waals surface area contributed by atoms with Crippen LogP contribution < -0.4 is 11.5 Å². The zero-order valence-corrected chi connectivity index (χ0v) is 5.25. The highest BCUT2D eigenvalue weighted by Gasteiger charge is 2.34. The minimum atomic E-state index is -3.54. The van der Waals surface area contributed by atoms with Crippen molar-refractivity contribution in [2.24, 2.45) is 11.5 Å². The number of alkyl halides is 2. The van der Waals surface area contributed by atoms with E-state index in [4.69, 9.17) is 0 Å². The van der Waals surface area contributed by atoms with Crippen LogP contribution in [0.4, 0.5) is 8.78 Å². The summed E-state index contributed by atoms with van der Waals surface area (Å²) in [5.41, 5.74) is 8.67. The summed E-state index contributed by atoms with van der Waals surface area (Å²) in [5, 5.41) is 0. The zero-order valence-electron chi connectivity index (χ0n) is 4.43. The molecule has 0 unspecified atom stereocenters. The van der Waals surface area contributed by atoms with Crippen molar-refractivity contribution in [3.8, 4) is 0 Å². The first-order valence-corrected chi connectivity index (χ1v) is 1.88. The molecular formula is C3H7ClF2N2O. The van der Waals surface area contributed by atoms with Gasteiger partial charge in [-0.25, -0.2) is 0 Å². The minimum absolute atomic E-state index is 0. The lowest BCUT2D eigenvalue weighted by atomic mass is 10.3. The van der Waals surface area contributed by atoms with Crippen LogP contribution in [-0.4, -0.2) is 18.4 Å². The zero-order chi connectivity index (χ0) is 6.78. The topological polar surface area (TPSA) is 69.1 Å². The van der Waals surface area contributed by atoms with E-state index in [9.17, 15) is 13.6 Å². The molecule has 0 bridgehead atoms. The third-order valence-electron chi connectivity index (χ3n) is 0.617. The lowest BCUT2D eigenvalue weighted by Gasteiger charge is -2.06. The third-order valence-corrected chi connectivity index (χ3v) is 0.617. The molecule has 0 radical (unpaired) electrons. The van der Waals surface area contributed by atoms with Crippen molar-refractivity contribution in [1.29, 1.82) is 0 Å². The molecule has 0 atom stereocenters. The lowest BCUT2D eigenvalue weighted by molar-refractivity contribution is -0.140. The van der Waals surface area contributed by atoms with Crippen molar-refractivity contribution >= 4 is 18.3 Å². The average molecular weight is 161 g/mol. The fourth-order valence-electron chi connectivity index (χ4n) is 0.101. The van der Waals surface area contributed by atoms with Gasteiger partial charge in [-0.3, -0.25) is 4.79 Å². The molecule has 0 aliphatic rings. The predicted octanol–water partition coefficient (Wildman–Crippen LogP) is -0.513. The second-order valence-electron chi connectivity index (χ2n) is 1.27. The largest absolute Gasteiger partial charge is 0.364 e. The molecule has 0 saturated carbocycles. The second-order valence-corrected chi connectivity index (χ2v) is 1.27. The van der Waals surface area contributed by atoms with Gasteiger partial charge in [-0.1, -0.05) is 0 Å². The van der Waals surface area contributed by atoms with E-state index in [1.54, 1.807) is 0 Å². The van der Waals surface area contributed by atoms with E-state index in [1.807, 2.05) is 0 Å². The molecule has 6 heteroatoms. The fraction of sp³-hybridized carbons (Fsp3) is 0.667. The monoisotopic (exact) mass is 160 g/mol. The van der Waals surface area contributed by atoms with Crippen molar-refractivity contribution in [3.63, 3.8) is 0 Å². The molecule has 0 heterocycles. The second kappa shape index (κ2) is 3.58. The lowest BCUT2D eigenvalue weighted by Crippen LogP contribution is -2.41. The van der Waals surface area contributed by atoms with Crippen molar-refractivity contribution < 1.29 is 13.6 Å². The first kappa shape index (κ1) is 11.4. The predicted molar refractivity (Wildman–Crippen MR) is 30.4 cm³/mol. The normalized spacial score (nSPS) is 10.1. The molecule has 0 rings (SSSR count). The summed E-state index contributed by atoms with van der Waals surface area (Å²) in [6, 6.07) is 0. The van der Waals surface area contributed by atoms with Gasteiger partial charge >= 0.3 is 5.92 Å². The highest BCUT2D eigenvalue weighted by Crippen LogP contribution is 2.08. The van der Waals surface area contributed by atoms with Crippen LogP contribution in [0.15, 0.2) is 0 Å². The van der Waals surface area contributed by atoms with Crippen molar-refractivity contribution in [1.82, 2.24) is 0 Å². The summed E-state index contributed by atoms with van der Waals surface area (Å²) in [5.74, 6) is -5.22. The average Bonchev–Trinajstić information content (AvgIpc) is 1.67. The standard InChI is InChI=1S/C3H6F2N2O.ClH/c4-3(5,1-6)2(7)8;/h1,6H2,(H2,7,8);1H. The third kappa shape index (κ3) is 3.21. The number of carbonyl (C=O) groups excluding carboxylic acids is 1. The van der Waals surface area contributed by atoms with E-state index in [1.165, 1.54) is 0 Å². The van der Waals surface area contributed by atoms with Gasteiger partial charge in [0.25, 0.3) is 5.91 Å². The van der Waals surface area contributed by atoms with Gasteiger partial charge in [-0.2, -0.15) is 8.78 Å². The van der Waals surface area contributed by atoms with Crippen LogP contribution in [0.2, 0.25) is 0 Å². The molecule has 0 aliphatic carbocycles. The maximum Gasteiger partial charge on any atom is 0.336 e. The van der Waals surface area contributed by atoms with E-state index in [0.29, 0.717) is 0 Å². The number of halogens is 3. The van der Waals surface area contributed by atoms with Crippen LogP contribution in [0.25, 0.3) is 0 Å². The Balaban J connectivity index is 0. The van der Waals surface area contributed by atoms with Gasteiger partial charge in [0.15, 0.2) is 0 Å². The SMILES string of the molecule is Cl.NCC(F)(F)C(N)=O. The maximum absolute atomic E-state index is 11.7. The summed E-state index contributed by atoms with van der Waals surface area (Å²) >= 11 is 0. The number of carbonyl (C=O) groups is 1. The Morgan fingerprint density at radius 2 is 1.89 bits per heavy atom. The van der Waals surface area contributed by atoms with E-state index in [0.717, 1.165) is 0 Å². The number of rotatable bonds is 2. The van der Waals surface area contributed by atoms with Crippen LogP contribution in [-0.2, 0) is 4.79 Å². The molecule has 0 spiro atoms. The first-order valence-electron chi connectivity index (χ1n) is 1.88. The van der Waals surface area contributed by atoms with Gasteiger partial charge in [-0.15, -0.1) is 12.4 Å². The number of hydrogen-bond acceptors (Lipinski definition) is 2. The highest BCUT2D eigenvalue weighted by atomic mass is 35.5. The van der Waals surface area contributed by atoms with Gasteiger partial charge in [-0.05, 0) is 0 Å². The Hall–Kier alpha value is -0.420. The molecule has 4 N–H and O–H groups in total. The molecule has 0 fully saturated rings. The van der Waals surface area contributed by atoms with E-state index >= 15 is 0 Å². The van der Waals surface area contributed by atoms with E-state index in [-0.39, 0.29) is 12.4 Å². The van der Waals surface area contributed by atoms with Gasteiger partial charge in [0.05, 0.1) is 6.54 Å². The Bertz CT molecular complexity index is 108. The molecule has 1 amide bonds. The smallest absolute Gasteiger partial charge is 0.336 e. The summed E-state index contributed by atoms with van der Waals surface area (Å²) in [6.07, 6.45) is 0. The molecule has 3 nitrogen and oxygen atoms in total. The fourth-order valence-corrected chi connectivity index (χ4v) is 0.101. The van der Waals surface area contributed by atoms with Crippen molar-refractivity contribution in [3.05, 3.63) is 0 Å². The minimum Gasteiger partial charge on any atom is -0.364 e. The summed E-state index contributed by atoms with van der Waals surface area (Å²) in [6.45, 7) is -1.03. The van der Waals surface area contributed by atoms with Crippen LogP contribution in [0, 0.1) is 0 Å². The molecule has 0 aromatic rings. The summed E-state index contributed by atoms with van der Waals surface area (Å²) in [7, 11) is 0. The molecule has 0 aromatic carbocycles. The number of amides is 1. The summed E-state index contributed by atoms with van der Waals surface area (Å²) in [4.78, 5) is 9.64. The van der Waals surface area contributed by atoms with Gasteiger partial charge in [0, 0.05) is 0 Å². The quantitative estimate of drug-likeness (QED) is 0.571. The Morgan fingerprint density at radius 3 is 1.89 bits per heavy atom. The van der Waals surface area contributed by atoms with Crippen LogP contribution in [0.3, 0.4) is 0 Å². The molecule has 9 heavy (non-hydrogen) atoms. The van der Waals surface area contributed by atoms with Gasteiger partial charge in [0.1, 0.15) is 0 Å². The molecular weight excluding hydrogens is 153 g/mol. The van der Waals surface area contributed by atoms with Crippen molar-refractivity contribution in [2.45, 2.75) is 5.92 Å². The number of nitrogens with two attached hydrogens (primary N) is 2. The molecule has 0 aromatic heterocycles. The highest BCUT2D eigenvalue weighted by molar-refractivity contribution is 5.85. The Labute approximate surface area is 56.8 Å². The first-order chi connectivity index (χ1) is 3.50. The Kier molecular flexibility index (Phi) is 4.52. The van der Waals surface area contributed by atoms with Gasteiger partial charge in [0.2, 0.25) is 0 Å². The molecule has 0 aliphatic heterocycles. The number of primary amides is 1. The van der Waals surface area contributed by atoms with E-state index < -0.39 is 18.4 Å². The number of hydrogen-bond donors (Lipinski definition) is 2. The maximum atomic E-state index is 11.7. The van der Waals surface area contributed by atoms with E-state index in [2.05, 4.69) is 11.5 Å². The molecule has 56 valence electrons. The summed E-state index contributed by atoms with van der Waals surface area (Å²) < 4.78 is 23.4. The van der Waals surface area contributed by atoms with Crippen LogP contribution in [0.1, 0.15) is 0 Å². The molecule has 0 saturated heterocycles. The van der Waals surface area contributed by atoms with Crippen LogP contribution in [0.5, 0.6) is 0 Å². The van der Waals surface area contributed by atoms with Crippen LogP contribution >= 0.6 is 12.4 Å². The van der Waals surface area contributed by atoms with Crippen molar-refractivity contribution in [2.75, 3.05) is 6.54 Å².